The van der Waals surface area contributed by atoms with Gasteiger partial charge in [-0.2, -0.15) is 18.2 Å². The van der Waals surface area contributed by atoms with Gasteiger partial charge in [0.15, 0.2) is 0 Å². The zero-order valence-corrected chi connectivity index (χ0v) is 19.1. The summed E-state index contributed by atoms with van der Waals surface area (Å²) < 4.78 is 52.2. The molecule has 0 radical (unpaired) electrons. The number of carbonyl (C=O) groups is 1. The van der Waals surface area contributed by atoms with E-state index in [1.807, 2.05) is 12.3 Å². The third kappa shape index (κ3) is 6.63. The lowest BCUT2D eigenvalue weighted by molar-refractivity contribution is -0.258. The molecule has 1 aromatic carbocycles. The molecule has 8 nitrogen and oxygen atoms in total. The summed E-state index contributed by atoms with van der Waals surface area (Å²) in [5, 5.41) is 4.12. The Morgan fingerprint density at radius 3 is 2.94 bits per heavy atom. The Kier molecular flexibility index (Phi) is 7.62. The van der Waals surface area contributed by atoms with Crippen molar-refractivity contribution in [2.75, 3.05) is 31.6 Å². The molecule has 1 aromatic heterocycles. The van der Waals surface area contributed by atoms with Crippen molar-refractivity contribution in [1.82, 2.24) is 14.6 Å². The monoisotopic (exact) mass is 482 g/mol. The first-order chi connectivity index (χ1) is 16.3. The number of nitrogens with one attached hydrogen (secondary N) is 1. The number of alkyl halides is 3. The highest BCUT2D eigenvalue weighted by molar-refractivity contribution is 5.70. The van der Waals surface area contributed by atoms with Crippen LogP contribution >= 0.6 is 0 Å². The van der Waals surface area contributed by atoms with Gasteiger partial charge < -0.3 is 19.4 Å². The number of fused-ring (bicyclic) bond motifs is 2. The topological polar surface area (TPSA) is 77.8 Å². The van der Waals surface area contributed by atoms with E-state index < -0.39 is 24.8 Å². The number of aryl methyl sites for hydroxylation is 1. The number of aromatic nitrogens is 2. The van der Waals surface area contributed by atoms with Crippen LogP contribution in [0.3, 0.4) is 0 Å². The molecule has 0 fully saturated rings. The molecular formula is C23H29F3N4O4. The Morgan fingerprint density at radius 2 is 2.18 bits per heavy atom. The Labute approximate surface area is 195 Å². The third-order valence-corrected chi connectivity index (χ3v) is 5.64. The van der Waals surface area contributed by atoms with E-state index in [-0.39, 0.29) is 19.6 Å². The SMILES string of the molecule is CCOC(=O)CC1Cc2ccc(OCCc3cn4c(n3)NCCC4)cc2CN(CC(F)(F)F)O1. The van der Waals surface area contributed by atoms with E-state index in [1.54, 1.807) is 19.1 Å². The highest BCUT2D eigenvalue weighted by Gasteiger charge is 2.35. The number of hydrogen-bond donors (Lipinski definition) is 1. The Balaban J connectivity index is 1.42. The van der Waals surface area contributed by atoms with Gasteiger partial charge in [0.05, 0.1) is 31.4 Å². The predicted octanol–water partition coefficient (Wildman–Crippen LogP) is 3.49. The molecule has 0 amide bonds. The molecule has 0 saturated heterocycles. The first kappa shape index (κ1) is 24.3. The summed E-state index contributed by atoms with van der Waals surface area (Å²) in [6, 6.07) is 5.36. The minimum atomic E-state index is -4.44. The second-order valence-electron chi connectivity index (χ2n) is 8.41. The van der Waals surface area contributed by atoms with Crippen molar-refractivity contribution in [1.29, 1.82) is 0 Å². The fourth-order valence-electron chi connectivity index (χ4n) is 4.19. The molecule has 1 unspecified atom stereocenters. The zero-order valence-electron chi connectivity index (χ0n) is 19.1. The molecule has 2 aliphatic heterocycles. The minimum absolute atomic E-state index is 0.0647. The molecule has 4 rings (SSSR count). The Bertz CT molecular complexity index is 972. The van der Waals surface area contributed by atoms with Gasteiger partial charge in [0.2, 0.25) is 5.95 Å². The number of hydroxylamine groups is 2. The molecule has 3 heterocycles. The summed E-state index contributed by atoms with van der Waals surface area (Å²) in [6.45, 7) is 2.82. The molecule has 2 aromatic rings. The number of anilines is 1. The van der Waals surface area contributed by atoms with Crippen molar-refractivity contribution in [3.05, 3.63) is 41.2 Å². The summed E-state index contributed by atoms with van der Waals surface area (Å²) in [4.78, 5) is 22.0. The molecule has 11 heteroatoms. The van der Waals surface area contributed by atoms with Gasteiger partial charge in [0.1, 0.15) is 12.3 Å². The van der Waals surface area contributed by atoms with E-state index in [4.69, 9.17) is 14.3 Å². The molecule has 1 N–H and O–H groups in total. The largest absolute Gasteiger partial charge is 0.493 e. The summed E-state index contributed by atoms with van der Waals surface area (Å²) >= 11 is 0. The van der Waals surface area contributed by atoms with Crippen LogP contribution in [-0.2, 0) is 40.3 Å². The van der Waals surface area contributed by atoms with Crippen molar-refractivity contribution < 1.29 is 32.3 Å². The number of benzene rings is 1. The van der Waals surface area contributed by atoms with Gasteiger partial charge in [0.25, 0.3) is 0 Å². The maximum atomic E-state index is 13.1. The van der Waals surface area contributed by atoms with Crippen LogP contribution in [0.2, 0.25) is 0 Å². The van der Waals surface area contributed by atoms with Gasteiger partial charge >= 0.3 is 12.1 Å². The second kappa shape index (κ2) is 10.6. The lowest BCUT2D eigenvalue weighted by atomic mass is 10.00. The molecule has 186 valence electrons. The average molecular weight is 483 g/mol. The highest BCUT2D eigenvalue weighted by Crippen LogP contribution is 2.28. The lowest BCUT2D eigenvalue weighted by Crippen LogP contribution is -2.36. The van der Waals surface area contributed by atoms with Crippen LogP contribution in [0.1, 0.15) is 36.6 Å². The van der Waals surface area contributed by atoms with Crippen molar-refractivity contribution >= 4 is 11.9 Å². The lowest BCUT2D eigenvalue weighted by Gasteiger charge is -2.25. The summed E-state index contributed by atoms with van der Waals surface area (Å²) in [5.74, 6) is 0.934. The molecule has 1 atom stereocenters. The number of rotatable bonds is 8. The van der Waals surface area contributed by atoms with Crippen molar-refractivity contribution in [3.63, 3.8) is 0 Å². The number of hydrogen-bond acceptors (Lipinski definition) is 7. The number of carbonyl (C=O) groups excluding carboxylic acids is 1. The first-order valence-electron chi connectivity index (χ1n) is 11.5. The van der Waals surface area contributed by atoms with E-state index in [0.29, 0.717) is 30.8 Å². The van der Waals surface area contributed by atoms with Gasteiger partial charge in [-0.3, -0.25) is 9.63 Å². The van der Waals surface area contributed by atoms with Gasteiger partial charge in [-0.25, -0.2) is 4.98 Å². The highest BCUT2D eigenvalue weighted by atomic mass is 19.4. The second-order valence-corrected chi connectivity index (χ2v) is 8.41. The molecule has 0 spiro atoms. The smallest absolute Gasteiger partial charge is 0.403 e. The van der Waals surface area contributed by atoms with Gasteiger partial charge in [0, 0.05) is 38.7 Å². The fraction of sp³-hybridized carbons (Fsp3) is 0.565. The Hall–Kier alpha value is -2.79. The quantitative estimate of drug-likeness (QED) is 0.577. The Morgan fingerprint density at radius 1 is 1.32 bits per heavy atom. The number of ether oxygens (including phenoxy) is 2. The summed E-state index contributed by atoms with van der Waals surface area (Å²) in [6.07, 6.45) is -1.31. The normalized spacial score (nSPS) is 18.4. The van der Waals surface area contributed by atoms with E-state index in [9.17, 15) is 18.0 Å². The average Bonchev–Trinajstić information content (AvgIpc) is 3.09. The molecule has 0 bridgehead atoms. The number of imidazole rings is 1. The van der Waals surface area contributed by atoms with Gasteiger partial charge in [-0.15, -0.1) is 0 Å². The van der Waals surface area contributed by atoms with E-state index in [1.165, 1.54) is 0 Å². The van der Waals surface area contributed by atoms with Crippen LogP contribution in [0.4, 0.5) is 19.1 Å². The van der Waals surface area contributed by atoms with E-state index in [2.05, 4.69) is 14.9 Å². The van der Waals surface area contributed by atoms with Crippen molar-refractivity contribution in [2.45, 2.75) is 58.0 Å². The number of halogens is 3. The third-order valence-electron chi connectivity index (χ3n) is 5.64. The number of nitrogens with zero attached hydrogens (tertiary/aromatic N) is 3. The van der Waals surface area contributed by atoms with Crippen LogP contribution in [-0.4, -0.2) is 59.2 Å². The van der Waals surface area contributed by atoms with Crippen LogP contribution in [0.5, 0.6) is 5.75 Å². The minimum Gasteiger partial charge on any atom is -0.493 e. The van der Waals surface area contributed by atoms with Crippen LogP contribution < -0.4 is 10.1 Å². The van der Waals surface area contributed by atoms with Crippen LogP contribution in [0.15, 0.2) is 24.4 Å². The van der Waals surface area contributed by atoms with E-state index >= 15 is 0 Å². The predicted molar refractivity (Wildman–Crippen MR) is 117 cm³/mol. The number of esters is 1. The van der Waals surface area contributed by atoms with Gasteiger partial charge in [-0.1, -0.05) is 6.07 Å². The molecule has 0 saturated carbocycles. The van der Waals surface area contributed by atoms with Crippen LogP contribution in [0, 0.1) is 0 Å². The summed E-state index contributed by atoms with van der Waals surface area (Å²) in [7, 11) is 0. The molecule has 2 aliphatic rings. The fourth-order valence-corrected chi connectivity index (χ4v) is 4.19. The van der Waals surface area contributed by atoms with Crippen molar-refractivity contribution in [2.24, 2.45) is 0 Å². The first-order valence-corrected chi connectivity index (χ1v) is 11.5. The summed E-state index contributed by atoms with van der Waals surface area (Å²) in [5.41, 5.74) is 2.42. The standard InChI is InChI=1S/C23H29F3N4O4/c1-2-32-21(31)12-20-10-16-4-5-19(11-17(16)13-30(34-20)15-23(24,25)26)33-9-6-18-14-29-8-3-7-27-22(29)28-18/h4-5,11,14,20H,2-3,6-10,12-13,15H2,1H3,(H,27,28). The van der Waals surface area contributed by atoms with Gasteiger partial charge in [-0.05, 0) is 36.6 Å². The van der Waals surface area contributed by atoms with Crippen molar-refractivity contribution in [3.8, 4) is 5.75 Å². The molecule has 0 aliphatic carbocycles. The molecule has 34 heavy (non-hydrogen) atoms. The zero-order chi connectivity index (χ0) is 24.1. The molecular weight excluding hydrogens is 453 g/mol. The maximum Gasteiger partial charge on any atom is 0.403 e. The van der Waals surface area contributed by atoms with Crippen LogP contribution in [0.25, 0.3) is 0 Å². The van der Waals surface area contributed by atoms with E-state index in [0.717, 1.165) is 41.8 Å². The maximum absolute atomic E-state index is 13.1.